The molecule has 0 atom stereocenters. The Morgan fingerprint density at radius 2 is 1.33 bits per heavy atom. The quantitative estimate of drug-likeness (QED) is 0.667. The molecule has 0 bridgehead atoms. The molecule has 0 saturated heterocycles. The number of nitrogens with zero attached hydrogens (tertiary/aromatic N) is 2. The van der Waals surface area contributed by atoms with E-state index in [0.29, 0.717) is 0 Å². The lowest BCUT2D eigenvalue weighted by atomic mass is 10.6. The van der Waals surface area contributed by atoms with Crippen LogP contribution in [-0.2, 0) is 0 Å². The number of halogens is 2. The van der Waals surface area contributed by atoms with Crippen molar-refractivity contribution in [1.82, 2.24) is 9.97 Å². The minimum atomic E-state index is -1.10. The maximum Gasteiger partial charge on any atom is 0.278 e. The number of hydrogen-bond acceptors (Lipinski definition) is 4. The molecule has 66 valence electrons. The molecule has 0 spiro atoms. The number of rotatable bonds is 2. The number of hydrogen-bond donors (Lipinski definition) is 0. The van der Waals surface area contributed by atoms with E-state index < -0.39 is 23.7 Å². The standard InChI is InChI=1S/C6H6F2N2O2/c1-11-5-3(7)9-4(8)6(10-5)12-2/h1-2H3. The lowest BCUT2D eigenvalue weighted by molar-refractivity contribution is 0.311. The number of aromatic nitrogens is 2. The zero-order chi connectivity index (χ0) is 9.14. The normalized spacial score (nSPS) is 9.67. The first-order valence-corrected chi connectivity index (χ1v) is 3.00. The Kier molecular flexibility index (Phi) is 2.37. The van der Waals surface area contributed by atoms with Gasteiger partial charge in [-0.2, -0.15) is 18.7 Å². The summed E-state index contributed by atoms with van der Waals surface area (Å²) in [5, 5.41) is 0. The molecule has 0 saturated carbocycles. The first-order valence-electron chi connectivity index (χ1n) is 3.00. The Labute approximate surface area is 67.2 Å². The van der Waals surface area contributed by atoms with Crippen LogP contribution < -0.4 is 9.47 Å². The molecule has 1 aromatic rings. The van der Waals surface area contributed by atoms with Crippen molar-refractivity contribution in [1.29, 1.82) is 0 Å². The van der Waals surface area contributed by atoms with Crippen LogP contribution in [0.25, 0.3) is 0 Å². The van der Waals surface area contributed by atoms with Gasteiger partial charge in [0.05, 0.1) is 14.2 Å². The molecule has 0 radical (unpaired) electrons. The molecule has 4 nitrogen and oxygen atoms in total. The second-order valence-corrected chi connectivity index (χ2v) is 1.82. The van der Waals surface area contributed by atoms with Crippen LogP contribution in [0.4, 0.5) is 8.78 Å². The largest absolute Gasteiger partial charge is 0.478 e. The third-order valence-electron chi connectivity index (χ3n) is 1.14. The van der Waals surface area contributed by atoms with Crippen LogP contribution in [0.15, 0.2) is 0 Å². The lowest BCUT2D eigenvalue weighted by Crippen LogP contribution is -2.01. The van der Waals surface area contributed by atoms with Crippen LogP contribution in [0.2, 0.25) is 0 Å². The average molecular weight is 176 g/mol. The van der Waals surface area contributed by atoms with Crippen LogP contribution in [0.1, 0.15) is 0 Å². The molecule has 1 aromatic heterocycles. The van der Waals surface area contributed by atoms with Crippen LogP contribution >= 0.6 is 0 Å². The highest BCUT2D eigenvalue weighted by molar-refractivity contribution is 5.15. The zero-order valence-electron chi connectivity index (χ0n) is 6.47. The van der Waals surface area contributed by atoms with Crippen molar-refractivity contribution >= 4 is 0 Å². The van der Waals surface area contributed by atoms with Crippen LogP contribution in [0.5, 0.6) is 11.8 Å². The maximum atomic E-state index is 12.6. The molecule has 6 heteroatoms. The molecule has 0 amide bonds. The van der Waals surface area contributed by atoms with Crippen molar-refractivity contribution < 1.29 is 18.3 Å². The molecule has 0 aliphatic carbocycles. The highest BCUT2D eigenvalue weighted by Crippen LogP contribution is 2.18. The fourth-order valence-electron chi connectivity index (χ4n) is 0.626. The molecule has 1 heterocycles. The predicted octanol–water partition coefficient (Wildman–Crippen LogP) is 0.772. The van der Waals surface area contributed by atoms with E-state index in [2.05, 4.69) is 19.4 Å². The maximum absolute atomic E-state index is 12.6. The van der Waals surface area contributed by atoms with Crippen molar-refractivity contribution in [2.24, 2.45) is 0 Å². The monoisotopic (exact) mass is 176 g/mol. The molecule has 0 unspecified atom stereocenters. The van der Waals surface area contributed by atoms with Gasteiger partial charge in [-0.1, -0.05) is 0 Å². The molecule has 0 fully saturated rings. The van der Waals surface area contributed by atoms with Gasteiger partial charge in [-0.15, -0.1) is 0 Å². The zero-order valence-corrected chi connectivity index (χ0v) is 6.47. The SMILES string of the molecule is COc1nc(OC)c(F)nc1F. The molecule has 1 rings (SSSR count). The summed E-state index contributed by atoms with van der Waals surface area (Å²) in [6.45, 7) is 0. The minimum absolute atomic E-state index is 0.395. The van der Waals surface area contributed by atoms with Crippen LogP contribution in [-0.4, -0.2) is 24.2 Å². The van der Waals surface area contributed by atoms with E-state index in [1.54, 1.807) is 0 Å². The van der Waals surface area contributed by atoms with E-state index in [0.717, 1.165) is 0 Å². The fourth-order valence-corrected chi connectivity index (χ4v) is 0.626. The summed E-state index contributed by atoms with van der Waals surface area (Å²) in [5.74, 6) is -2.99. The summed E-state index contributed by atoms with van der Waals surface area (Å²) in [5.41, 5.74) is 0. The highest BCUT2D eigenvalue weighted by atomic mass is 19.1. The summed E-state index contributed by atoms with van der Waals surface area (Å²) in [6, 6.07) is 0. The summed E-state index contributed by atoms with van der Waals surface area (Å²) < 4.78 is 34.0. The van der Waals surface area contributed by atoms with Gasteiger partial charge in [0.15, 0.2) is 0 Å². The number of ether oxygens (including phenoxy) is 2. The van der Waals surface area contributed by atoms with Gasteiger partial charge in [0, 0.05) is 0 Å². The van der Waals surface area contributed by atoms with Gasteiger partial charge in [-0.3, -0.25) is 0 Å². The van der Waals surface area contributed by atoms with Gasteiger partial charge in [0.1, 0.15) is 0 Å². The minimum Gasteiger partial charge on any atom is -0.478 e. The summed E-state index contributed by atoms with van der Waals surface area (Å²) in [4.78, 5) is 6.22. The molecule has 0 N–H and O–H groups in total. The van der Waals surface area contributed by atoms with Gasteiger partial charge in [-0.25, -0.2) is 0 Å². The van der Waals surface area contributed by atoms with E-state index in [1.165, 1.54) is 14.2 Å². The Hall–Kier alpha value is -1.46. The molecule has 0 aromatic carbocycles. The molecular weight excluding hydrogens is 170 g/mol. The van der Waals surface area contributed by atoms with Crippen molar-refractivity contribution in [3.05, 3.63) is 11.9 Å². The van der Waals surface area contributed by atoms with Crippen molar-refractivity contribution in [2.75, 3.05) is 14.2 Å². The van der Waals surface area contributed by atoms with E-state index in [9.17, 15) is 8.78 Å². The molecular formula is C6H6F2N2O2. The Balaban J connectivity index is 3.18. The third kappa shape index (κ3) is 1.41. The Bertz CT molecular complexity index is 268. The first-order chi connectivity index (χ1) is 5.69. The van der Waals surface area contributed by atoms with E-state index in [-0.39, 0.29) is 0 Å². The van der Waals surface area contributed by atoms with Crippen molar-refractivity contribution in [2.45, 2.75) is 0 Å². The first kappa shape index (κ1) is 8.63. The second kappa shape index (κ2) is 3.29. The highest BCUT2D eigenvalue weighted by Gasteiger charge is 2.13. The smallest absolute Gasteiger partial charge is 0.278 e. The van der Waals surface area contributed by atoms with E-state index >= 15 is 0 Å². The van der Waals surface area contributed by atoms with Gasteiger partial charge >= 0.3 is 0 Å². The third-order valence-corrected chi connectivity index (χ3v) is 1.14. The van der Waals surface area contributed by atoms with Gasteiger partial charge in [-0.05, 0) is 0 Å². The Morgan fingerprint density at radius 3 is 1.67 bits per heavy atom. The van der Waals surface area contributed by atoms with Gasteiger partial charge < -0.3 is 9.47 Å². The predicted molar refractivity (Wildman–Crippen MR) is 35.1 cm³/mol. The molecule has 0 aliphatic heterocycles. The molecule has 0 aliphatic rings. The van der Waals surface area contributed by atoms with Gasteiger partial charge in [0.2, 0.25) is 0 Å². The van der Waals surface area contributed by atoms with Crippen LogP contribution in [0.3, 0.4) is 0 Å². The van der Waals surface area contributed by atoms with Crippen molar-refractivity contribution in [3.63, 3.8) is 0 Å². The van der Waals surface area contributed by atoms with Crippen molar-refractivity contribution in [3.8, 4) is 11.8 Å². The van der Waals surface area contributed by atoms with E-state index in [1.807, 2.05) is 0 Å². The molecule has 12 heavy (non-hydrogen) atoms. The topological polar surface area (TPSA) is 44.2 Å². The van der Waals surface area contributed by atoms with Gasteiger partial charge in [0.25, 0.3) is 23.7 Å². The second-order valence-electron chi connectivity index (χ2n) is 1.82. The summed E-state index contributed by atoms with van der Waals surface area (Å²) in [7, 11) is 2.40. The summed E-state index contributed by atoms with van der Waals surface area (Å²) in [6.07, 6.45) is 0. The van der Waals surface area contributed by atoms with E-state index in [4.69, 9.17) is 0 Å². The average Bonchev–Trinajstić information content (AvgIpc) is 2.05. The van der Waals surface area contributed by atoms with Crippen LogP contribution in [0, 0.1) is 11.9 Å². The lowest BCUT2D eigenvalue weighted by Gasteiger charge is -2.02. The Morgan fingerprint density at radius 1 is 0.917 bits per heavy atom. The number of methoxy groups -OCH3 is 2. The summed E-state index contributed by atoms with van der Waals surface area (Å²) >= 11 is 0. The fraction of sp³-hybridized carbons (Fsp3) is 0.333.